The van der Waals surface area contributed by atoms with E-state index in [0.717, 1.165) is 44.9 Å². The molecule has 5 rings (SSSR count). The van der Waals surface area contributed by atoms with E-state index in [1.165, 1.54) is 0 Å². The van der Waals surface area contributed by atoms with Crippen LogP contribution in [0.2, 0.25) is 0 Å². The highest BCUT2D eigenvalue weighted by molar-refractivity contribution is 5.84. The summed E-state index contributed by atoms with van der Waals surface area (Å²) in [5.74, 6) is 2.32. The van der Waals surface area contributed by atoms with Gasteiger partial charge in [-0.15, -0.1) is 0 Å². The molecule has 0 radical (unpaired) electrons. The van der Waals surface area contributed by atoms with Crippen LogP contribution in [0.3, 0.4) is 0 Å². The average molecular weight is 501 g/mol. The second kappa shape index (κ2) is 8.39. The van der Waals surface area contributed by atoms with E-state index in [9.17, 15) is 20.1 Å². The Morgan fingerprint density at radius 3 is 2.31 bits per heavy atom. The number of aliphatic hydroxyl groups is 3. The van der Waals surface area contributed by atoms with Crippen LogP contribution in [0.15, 0.2) is 11.6 Å². The van der Waals surface area contributed by atoms with Crippen molar-refractivity contribution in [2.45, 2.75) is 106 Å². The smallest absolute Gasteiger partial charge is 0.136 e. The van der Waals surface area contributed by atoms with Gasteiger partial charge in [-0.3, -0.25) is 4.79 Å². The molecule has 4 saturated carbocycles. The van der Waals surface area contributed by atoms with Gasteiger partial charge in [-0.2, -0.15) is 0 Å². The van der Waals surface area contributed by atoms with Gasteiger partial charge in [0.15, 0.2) is 0 Å². The third kappa shape index (κ3) is 3.07. The first-order valence-corrected chi connectivity index (χ1v) is 14.9. The van der Waals surface area contributed by atoms with Crippen LogP contribution in [-0.4, -0.2) is 40.4 Å². The van der Waals surface area contributed by atoms with Gasteiger partial charge in [0, 0.05) is 30.0 Å². The van der Waals surface area contributed by atoms with Crippen LogP contribution in [0.1, 0.15) is 99.8 Å². The fourth-order valence-electron chi connectivity index (χ4n) is 11.7. The Morgan fingerprint density at radius 2 is 1.69 bits per heavy atom. The van der Waals surface area contributed by atoms with Crippen molar-refractivity contribution in [1.29, 1.82) is 0 Å². The summed E-state index contributed by atoms with van der Waals surface area (Å²) in [7, 11) is 0. The number of hydrogen-bond donors (Lipinski definition) is 3. The Hall–Kier alpha value is -0.710. The maximum Gasteiger partial charge on any atom is 0.136 e. The number of rotatable bonds is 3. The molecule has 0 spiro atoms. The van der Waals surface area contributed by atoms with Crippen molar-refractivity contribution in [2.75, 3.05) is 13.2 Å². The Balaban J connectivity index is 1.61. The normalized spacial score (nSPS) is 56.5. The van der Waals surface area contributed by atoms with Crippen LogP contribution in [0.25, 0.3) is 0 Å². The molecule has 5 aliphatic carbocycles. The van der Waals surface area contributed by atoms with Crippen molar-refractivity contribution in [3.05, 3.63) is 11.6 Å². The van der Waals surface area contributed by atoms with E-state index in [1.54, 1.807) is 5.57 Å². The molecule has 5 aliphatic rings. The molecule has 0 aliphatic heterocycles. The monoisotopic (exact) mass is 500 g/mol. The summed E-state index contributed by atoms with van der Waals surface area (Å²) in [6.07, 6.45) is 10.1. The molecule has 0 amide bonds. The minimum atomic E-state index is -0.593. The quantitative estimate of drug-likeness (QED) is 0.429. The van der Waals surface area contributed by atoms with Gasteiger partial charge < -0.3 is 15.3 Å². The van der Waals surface area contributed by atoms with Crippen molar-refractivity contribution >= 4 is 5.78 Å². The molecular formula is C32H52O4. The predicted molar refractivity (Wildman–Crippen MR) is 143 cm³/mol. The highest BCUT2D eigenvalue weighted by Crippen LogP contribution is 2.76. The summed E-state index contributed by atoms with van der Waals surface area (Å²) in [6.45, 7) is 16.1. The highest BCUT2D eigenvalue weighted by Gasteiger charge is 2.70. The number of aliphatic hydroxyl groups excluding tert-OH is 3. The van der Waals surface area contributed by atoms with E-state index in [2.05, 4.69) is 47.6 Å². The number of carbonyl (C=O) groups excluding carboxylic acids is 1. The SMILES string of the molecule is CC(=O)C12CC[C@@H](C)C(C)C1C1=CCC3C4(C)C[C@@H](O)[C@@H](CO)C(C)(CO)C4CCC3(C)[C@]1(C)CC2. The summed E-state index contributed by atoms with van der Waals surface area (Å²) in [4.78, 5) is 13.3. The fraction of sp³-hybridized carbons (Fsp3) is 0.906. The van der Waals surface area contributed by atoms with Gasteiger partial charge in [0.05, 0.1) is 6.10 Å². The van der Waals surface area contributed by atoms with Gasteiger partial charge in [-0.05, 0) is 104 Å². The van der Waals surface area contributed by atoms with Gasteiger partial charge in [0.1, 0.15) is 5.78 Å². The van der Waals surface area contributed by atoms with Crippen molar-refractivity contribution in [3.8, 4) is 0 Å². The molecule has 4 fully saturated rings. The van der Waals surface area contributed by atoms with Crippen molar-refractivity contribution < 1.29 is 20.1 Å². The molecule has 0 bridgehead atoms. The summed E-state index contributed by atoms with van der Waals surface area (Å²) < 4.78 is 0. The first-order valence-electron chi connectivity index (χ1n) is 14.9. The number of allylic oxidation sites excluding steroid dienone is 2. The first-order chi connectivity index (χ1) is 16.8. The van der Waals surface area contributed by atoms with E-state index in [-0.39, 0.29) is 46.7 Å². The van der Waals surface area contributed by atoms with E-state index < -0.39 is 11.5 Å². The summed E-state index contributed by atoms with van der Waals surface area (Å²) in [6, 6.07) is 0. The zero-order chi connectivity index (χ0) is 26.5. The molecule has 0 aromatic heterocycles. The van der Waals surface area contributed by atoms with Crippen LogP contribution < -0.4 is 0 Å². The molecule has 4 nitrogen and oxygen atoms in total. The Kier molecular flexibility index (Phi) is 6.27. The Morgan fingerprint density at radius 1 is 1.00 bits per heavy atom. The minimum Gasteiger partial charge on any atom is -0.396 e. The van der Waals surface area contributed by atoms with Crippen molar-refractivity contribution in [2.24, 2.45) is 62.6 Å². The van der Waals surface area contributed by atoms with E-state index in [0.29, 0.717) is 35.9 Å². The zero-order valence-electron chi connectivity index (χ0n) is 23.9. The Bertz CT molecular complexity index is 942. The molecule has 0 aromatic rings. The number of ketones is 1. The highest BCUT2D eigenvalue weighted by atomic mass is 16.3. The molecule has 204 valence electrons. The van der Waals surface area contributed by atoms with Crippen LogP contribution in [0, 0.1) is 62.6 Å². The van der Waals surface area contributed by atoms with Crippen molar-refractivity contribution in [3.63, 3.8) is 0 Å². The number of hydrogen-bond acceptors (Lipinski definition) is 4. The number of carbonyl (C=O) groups is 1. The van der Waals surface area contributed by atoms with Gasteiger partial charge in [-0.1, -0.05) is 53.2 Å². The first kappa shape index (κ1) is 26.9. The molecular weight excluding hydrogens is 448 g/mol. The zero-order valence-corrected chi connectivity index (χ0v) is 23.9. The largest absolute Gasteiger partial charge is 0.396 e. The van der Waals surface area contributed by atoms with Gasteiger partial charge in [-0.25, -0.2) is 0 Å². The molecule has 0 heterocycles. The van der Waals surface area contributed by atoms with Gasteiger partial charge >= 0.3 is 0 Å². The Labute approximate surface area is 219 Å². The van der Waals surface area contributed by atoms with Gasteiger partial charge in [0.2, 0.25) is 0 Å². The standard InChI is InChI=1S/C32H52O4/c1-19-10-13-32(21(3)35)15-14-30(6)22(27(32)20(19)2)8-9-26-28(4)16-24(36)23(17-33)29(5,18-34)25(28)11-12-31(26,30)7/h8,19-20,23-27,33-34,36H,9-18H2,1-7H3/t19-,20?,23-,24-,25?,26?,27?,28?,29?,30-,31?,32?/m1/s1. The summed E-state index contributed by atoms with van der Waals surface area (Å²) in [5, 5.41) is 32.1. The maximum absolute atomic E-state index is 13.3. The number of Topliss-reactive ketones (excluding diaryl/α,β-unsaturated/α-hetero) is 1. The van der Waals surface area contributed by atoms with Crippen LogP contribution in [-0.2, 0) is 4.79 Å². The third-order valence-corrected chi connectivity index (χ3v) is 14.3. The lowest BCUT2D eigenvalue weighted by molar-refractivity contribution is -0.232. The topological polar surface area (TPSA) is 77.8 Å². The predicted octanol–water partition coefficient (Wildman–Crippen LogP) is 5.78. The maximum atomic E-state index is 13.3. The van der Waals surface area contributed by atoms with E-state index in [1.807, 2.05) is 6.92 Å². The molecule has 12 atom stereocenters. The second-order valence-corrected chi connectivity index (χ2v) is 15.1. The van der Waals surface area contributed by atoms with E-state index >= 15 is 0 Å². The third-order valence-electron chi connectivity index (χ3n) is 14.3. The molecule has 8 unspecified atom stereocenters. The average Bonchev–Trinajstić information content (AvgIpc) is 2.81. The lowest BCUT2D eigenvalue weighted by Gasteiger charge is -2.72. The van der Waals surface area contributed by atoms with E-state index in [4.69, 9.17) is 0 Å². The second-order valence-electron chi connectivity index (χ2n) is 15.1. The van der Waals surface area contributed by atoms with Crippen LogP contribution in [0.5, 0.6) is 0 Å². The fourth-order valence-corrected chi connectivity index (χ4v) is 11.7. The number of fused-ring (bicyclic) bond motifs is 7. The lowest BCUT2D eigenvalue weighted by atomic mass is 9.32. The van der Waals surface area contributed by atoms with Crippen molar-refractivity contribution in [1.82, 2.24) is 0 Å². The molecule has 4 heteroatoms. The lowest BCUT2D eigenvalue weighted by Crippen LogP contribution is -2.67. The summed E-state index contributed by atoms with van der Waals surface area (Å²) in [5.41, 5.74) is 0.962. The van der Waals surface area contributed by atoms with Crippen LogP contribution in [0.4, 0.5) is 0 Å². The molecule has 3 N–H and O–H groups in total. The van der Waals surface area contributed by atoms with Gasteiger partial charge in [0.25, 0.3) is 0 Å². The molecule has 36 heavy (non-hydrogen) atoms. The van der Waals surface area contributed by atoms with Crippen LogP contribution >= 0.6 is 0 Å². The summed E-state index contributed by atoms with van der Waals surface area (Å²) >= 11 is 0. The molecule has 0 aromatic carbocycles. The minimum absolute atomic E-state index is 0.00986. The molecule has 0 saturated heterocycles.